The molecule has 0 aliphatic rings. The van der Waals surface area contributed by atoms with Gasteiger partial charge in [0.05, 0.1) is 0 Å². The maximum absolute atomic E-state index is 13.5. The van der Waals surface area contributed by atoms with E-state index in [0.717, 1.165) is 0 Å². The number of rotatable bonds is 3. The quantitative estimate of drug-likeness (QED) is 0.437. The first-order chi connectivity index (χ1) is 9.43. The second-order valence-electron chi connectivity index (χ2n) is 4.19. The van der Waals surface area contributed by atoms with Gasteiger partial charge in [0, 0.05) is 12.0 Å². The van der Waals surface area contributed by atoms with Crippen molar-refractivity contribution in [1.29, 1.82) is 0 Å². The van der Waals surface area contributed by atoms with Crippen LogP contribution in [-0.4, -0.2) is 0 Å². The molecule has 0 aliphatic heterocycles. The van der Waals surface area contributed by atoms with E-state index in [1.807, 2.05) is 0 Å². The standard InChI is InChI=1S/C15H9F5/c1-8(9-5-3-2-4-6-9)7-10-11(16)13(18)15(20)14(19)12(10)17/h2-6H,1,7H2. The summed E-state index contributed by atoms with van der Waals surface area (Å²) in [5.41, 5.74) is -0.0551. The monoisotopic (exact) mass is 284 g/mol. The van der Waals surface area contributed by atoms with Crippen molar-refractivity contribution >= 4 is 5.57 Å². The molecule has 0 aromatic heterocycles. The smallest absolute Gasteiger partial charge is 0.200 e. The lowest BCUT2D eigenvalue weighted by molar-refractivity contribution is 0.372. The van der Waals surface area contributed by atoms with Gasteiger partial charge >= 0.3 is 0 Å². The molecule has 0 saturated carbocycles. The maximum Gasteiger partial charge on any atom is 0.200 e. The predicted molar refractivity (Wildman–Crippen MR) is 65.4 cm³/mol. The van der Waals surface area contributed by atoms with Gasteiger partial charge in [-0.1, -0.05) is 36.9 Å². The van der Waals surface area contributed by atoms with Gasteiger partial charge in [-0.25, -0.2) is 22.0 Å². The molecule has 104 valence electrons. The largest absolute Gasteiger partial charge is 0.203 e. The van der Waals surface area contributed by atoms with Gasteiger partial charge < -0.3 is 0 Å². The lowest BCUT2D eigenvalue weighted by atomic mass is 9.98. The van der Waals surface area contributed by atoms with Crippen molar-refractivity contribution in [3.63, 3.8) is 0 Å². The number of hydrogen-bond acceptors (Lipinski definition) is 0. The van der Waals surface area contributed by atoms with Crippen LogP contribution in [0, 0.1) is 29.1 Å². The van der Waals surface area contributed by atoms with Crippen LogP contribution in [0.1, 0.15) is 11.1 Å². The second-order valence-corrected chi connectivity index (χ2v) is 4.19. The zero-order valence-electron chi connectivity index (χ0n) is 10.2. The average Bonchev–Trinajstić information content (AvgIpc) is 2.48. The Morgan fingerprint density at radius 2 is 1.20 bits per heavy atom. The first-order valence-electron chi connectivity index (χ1n) is 5.67. The van der Waals surface area contributed by atoms with Gasteiger partial charge in [0.25, 0.3) is 0 Å². The minimum Gasteiger partial charge on any atom is -0.203 e. The molecule has 0 atom stereocenters. The molecule has 0 unspecified atom stereocenters. The number of allylic oxidation sites excluding steroid dienone is 1. The highest BCUT2D eigenvalue weighted by molar-refractivity contribution is 5.65. The van der Waals surface area contributed by atoms with Crippen molar-refractivity contribution < 1.29 is 22.0 Å². The van der Waals surface area contributed by atoms with Gasteiger partial charge in [-0.2, -0.15) is 0 Å². The van der Waals surface area contributed by atoms with Crippen molar-refractivity contribution in [1.82, 2.24) is 0 Å². The third-order valence-electron chi connectivity index (χ3n) is 2.87. The van der Waals surface area contributed by atoms with Gasteiger partial charge in [-0.15, -0.1) is 0 Å². The summed E-state index contributed by atoms with van der Waals surface area (Å²) in [7, 11) is 0. The molecular formula is C15H9F5. The van der Waals surface area contributed by atoms with Crippen LogP contribution in [0.15, 0.2) is 36.9 Å². The Hall–Kier alpha value is -2.17. The van der Waals surface area contributed by atoms with Crippen molar-refractivity contribution in [3.05, 3.63) is 77.1 Å². The maximum atomic E-state index is 13.5. The van der Waals surface area contributed by atoms with Crippen LogP contribution in [0.2, 0.25) is 0 Å². The molecule has 0 aliphatic carbocycles. The summed E-state index contributed by atoms with van der Waals surface area (Å²) in [6, 6.07) is 8.36. The summed E-state index contributed by atoms with van der Waals surface area (Å²) in [5, 5.41) is 0. The van der Waals surface area contributed by atoms with E-state index in [0.29, 0.717) is 5.56 Å². The highest BCUT2D eigenvalue weighted by Crippen LogP contribution is 2.27. The SMILES string of the molecule is C=C(Cc1c(F)c(F)c(F)c(F)c1F)c1ccccc1. The van der Waals surface area contributed by atoms with Gasteiger partial charge in [0.2, 0.25) is 5.82 Å². The van der Waals surface area contributed by atoms with Gasteiger partial charge in [0.1, 0.15) is 0 Å². The molecule has 20 heavy (non-hydrogen) atoms. The molecule has 2 aromatic rings. The summed E-state index contributed by atoms with van der Waals surface area (Å²) < 4.78 is 66.1. The van der Waals surface area contributed by atoms with Gasteiger partial charge in [-0.3, -0.25) is 0 Å². The zero-order chi connectivity index (χ0) is 14.9. The van der Waals surface area contributed by atoms with Crippen molar-refractivity contribution in [2.45, 2.75) is 6.42 Å². The van der Waals surface area contributed by atoms with Crippen LogP contribution in [0.3, 0.4) is 0 Å². The summed E-state index contributed by atoms with van der Waals surface area (Å²) in [6.45, 7) is 3.61. The second kappa shape index (κ2) is 5.45. The van der Waals surface area contributed by atoms with E-state index in [1.54, 1.807) is 30.3 Å². The third-order valence-corrected chi connectivity index (χ3v) is 2.87. The Labute approximate surface area is 112 Å². The molecule has 0 heterocycles. The molecule has 5 heteroatoms. The molecule has 2 rings (SSSR count). The minimum atomic E-state index is -2.16. The Morgan fingerprint density at radius 1 is 0.750 bits per heavy atom. The topological polar surface area (TPSA) is 0 Å². The number of halogens is 5. The van der Waals surface area contributed by atoms with Gasteiger partial charge in [0.15, 0.2) is 23.3 Å². The summed E-state index contributed by atoms with van der Waals surface area (Å²) >= 11 is 0. The van der Waals surface area contributed by atoms with Crippen LogP contribution >= 0.6 is 0 Å². The average molecular weight is 284 g/mol. The van der Waals surface area contributed by atoms with Crippen LogP contribution in [0.5, 0.6) is 0 Å². The van der Waals surface area contributed by atoms with Crippen LogP contribution in [0.25, 0.3) is 5.57 Å². The molecule has 0 nitrogen and oxygen atoms in total. The van der Waals surface area contributed by atoms with Crippen molar-refractivity contribution in [2.24, 2.45) is 0 Å². The Morgan fingerprint density at radius 3 is 1.70 bits per heavy atom. The fourth-order valence-electron chi connectivity index (χ4n) is 1.79. The highest BCUT2D eigenvalue weighted by atomic mass is 19.2. The van der Waals surface area contributed by atoms with Crippen molar-refractivity contribution in [2.75, 3.05) is 0 Å². The molecule has 0 N–H and O–H groups in total. The van der Waals surface area contributed by atoms with Crippen LogP contribution < -0.4 is 0 Å². The van der Waals surface area contributed by atoms with E-state index < -0.39 is 41.1 Å². The van der Waals surface area contributed by atoms with E-state index >= 15 is 0 Å². The highest BCUT2D eigenvalue weighted by Gasteiger charge is 2.25. The first-order valence-corrected chi connectivity index (χ1v) is 5.67. The normalized spacial score (nSPS) is 10.7. The van der Waals surface area contributed by atoms with Gasteiger partial charge in [-0.05, 0) is 11.1 Å². The Bertz CT molecular complexity index is 633. The van der Waals surface area contributed by atoms with E-state index in [1.165, 1.54) is 0 Å². The fraction of sp³-hybridized carbons (Fsp3) is 0.0667. The molecule has 0 radical (unpaired) electrons. The number of hydrogen-bond donors (Lipinski definition) is 0. The predicted octanol–water partition coefficient (Wildman–Crippen LogP) is 4.64. The van der Waals surface area contributed by atoms with Crippen LogP contribution in [-0.2, 0) is 6.42 Å². The molecule has 0 bridgehead atoms. The van der Waals surface area contributed by atoms with E-state index in [9.17, 15) is 22.0 Å². The first kappa shape index (κ1) is 14.2. The fourth-order valence-corrected chi connectivity index (χ4v) is 1.79. The van der Waals surface area contributed by atoms with E-state index in [2.05, 4.69) is 6.58 Å². The molecule has 2 aromatic carbocycles. The Balaban J connectivity index is 2.43. The molecule has 0 fully saturated rings. The summed E-state index contributed by atoms with van der Waals surface area (Å²) in [5.74, 6) is -9.69. The lowest BCUT2D eigenvalue weighted by Crippen LogP contribution is -2.07. The molecular weight excluding hydrogens is 275 g/mol. The Kier molecular flexibility index (Phi) is 3.88. The summed E-state index contributed by atoms with van der Waals surface area (Å²) in [4.78, 5) is 0. The lowest BCUT2D eigenvalue weighted by Gasteiger charge is -2.10. The van der Waals surface area contributed by atoms with E-state index in [4.69, 9.17) is 0 Å². The molecule has 0 saturated heterocycles. The van der Waals surface area contributed by atoms with Crippen molar-refractivity contribution in [3.8, 4) is 0 Å². The summed E-state index contributed by atoms with van der Waals surface area (Å²) in [6.07, 6.45) is -0.463. The number of benzene rings is 2. The minimum absolute atomic E-state index is 0.258. The molecule has 0 spiro atoms. The zero-order valence-corrected chi connectivity index (χ0v) is 10.2. The molecule has 0 amide bonds. The van der Waals surface area contributed by atoms with E-state index in [-0.39, 0.29) is 5.57 Å². The van der Waals surface area contributed by atoms with Crippen LogP contribution in [0.4, 0.5) is 22.0 Å². The third kappa shape index (κ3) is 2.43.